The highest BCUT2D eigenvalue weighted by atomic mass is 32.2. The highest BCUT2D eigenvalue weighted by Gasteiger charge is 2.11. The Bertz CT molecular complexity index is 366. The van der Waals surface area contributed by atoms with Gasteiger partial charge in [0, 0.05) is 30.8 Å². The molecule has 1 atom stereocenters. The van der Waals surface area contributed by atoms with Crippen molar-refractivity contribution in [2.24, 2.45) is 0 Å². The molecule has 0 aliphatic rings. The number of hydrogen-bond donors (Lipinski definition) is 0. The molecule has 4 heteroatoms. The zero-order chi connectivity index (χ0) is 12.8. The van der Waals surface area contributed by atoms with E-state index in [1.807, 2.05) is 13.8 Å². The molecule has 0 aromatic heterocycles. The Kier molecular flexibility index (Phi) is 5.82. The molecular formula is C13H20O3S. The van der Waals surface area contributed by atoms with Crippen LogP contribution in [0.3, 0.4) is 0 Å². The van der Waals surface area contributed by atoms with Gasteiger partial charge >= 0.3 is 0 Å². The van der Waals surface area contributed by atoms with Crippen molar-refractivity contribution in [3.63, 3.8) is 0 Å². The largest absolute Gasteiger partial charge is 0.355 e. The Morgan fingerprint density at radius 2 is 1.65 bits per heavy atom. The quantitative estimate of drug-likeness (QED) is 0.732. The summed E-state index contributed by atoms with van der Waals surface area (Å²) in [6.45, 7) is 4.10. The van der Waals surface area contributed by atoms with Gasteiger partial charge in [0.2, 0.25) is 0 Å². The van der Waals surface area contributed by atoms with Gasteiger partial charge in [0.1, 0.15) is 0 Å². The van der Waals surface area contributed by atoms with E-state index < -0.39 is 10.8 Å². The molecule has 1 unspecified atom stereocenters. The molecule has 0 saturated heterocycles. The summed E-state index contributed by atoms with van der Waals surface area (Å²) in [6.07, 6.45) is -0.387. The van der Waals surface area contributed by atoms with Gasteiger partial charge in [-0.05, 0) is 19.4 Å². The van der Waals surface area contributed by atoms with Gasteiger partial charge in [-0.2, -0.15) is 0 Å². The van der Waals surface area contributed by atoms with Crippen LogP contribution < -0.4 is 0 Å². The molecule has 0 aliphatic heterocycles. The van der Waals surface area contributed by atoms with E-state index in [0.717, 1.165) is 5.56 Å². The van der Waals surface area contributed by atoms with E-state index >= 15 is 0 Å². The zero-order valence-corrected chi connectivity index (χ0v) is 11.7. The van der Waals surface area contributed by atoms with Gasteiger partial charge in [-0.15, -0.1) is 0 Å². The molecular weight excluding hydrogens is 236 g/mol. The maximum Gasteiger partial charge on any atom is 0.168 e. The third-order valence-electron chi connectivity index (χ3n) is 2.46. The first kappa shape index (κ1) is 14.4. The Hall–Kier alpha value is -0.710. The summed E-state index contributed by atoms with van der Waals surface area (Å²) in [5, 5.41) is 0. The van der Waals surface area contributed by atoms with Crippen molar-refractivity contribution < 1.29 is 13.7 Å². The minimum atomic E-state index is -0.967. The molecule has 0 spiro atoms. The molecule has 0 saturated carbocycles. The number of benzene rings is 1. The fourth-order valence-electron chi connectivity index (χ4n) is 1.78. The lowest BCUT2D eigenvalue weighted by molar-refractivity contribution is -0.0847. The standard InChI is InChI=1S/C13H20O3S/c1-10-5-11(2)7-12(6-10)8-17(14)9-13(15-3)16-4/h5-7,13H,8-9H2,1-4H3. The van der Waals surface area contributed by atoms with Crippen molar-refractivity contribution in [2.75, 3.05) is 20.0 Å². The van der Waals surface area contributed by atoms with Gasteiger partial charge in [0.05, 0.1) is 5.75 Å². The van der Waals surface area contributed by atoms with Gasteiger partial charge in [0.25, 0.3) is 0 Å². The molecule has 0 N–H and O–H groups in total. The minimum Gasteiger partial charge on any atom is -0.355 e. The van der Waals surface area contributed by atoms with Gasteiger partial charge in [-0.25, -0.2) is 0 Å². The topological polar surface area (TPSA) is 35.5 Å². The second-order valence-corrected chi connectivity index (χ2v) is 5.65. The number of hydrogen-bond acceptors (Lipinski definition) is 3. The van der Waals surface area contributed by atoms with E-state index in [1.54, 1.807) is 14.2 Å². The Morgan fingerprint density at radius 1 is 1.12 bits per heavy atom. The first-order chi connectivity index (χ1) is 8.05. The van der Waals surface area contributed by atoms with Gasteiger partial charge in [-0.1, -0.05) is 29.3 Å². The van der Waals surface area contributed by atoms with E-state index in [1.165, 1.54) is 11.1 Å². The van der Waals surface area contributed by atoms with Crippen molar-refractivity contribution in [1.82, 2.24) is 0 Å². The maximum atomic E-state index is 11.9. The predicted octanol–water partition coefficient (Wildman–Crippen LogP) is 2.17. The molecule has 3 nitrogen and oxygen atoms in total. The molecule has 96 valence electrons. The number of methoxy groups -OCH3 is 2. The third-order valence-corrected chi connectivity index (χ3v) is 3.76. The van der Waals surface area contributed by atoms with Crippen LogP contribution in [0.15, 0.2) is 18.2 Å². The van der Waals surface area contributed by atoms with Crippen LogP contribution >= 0.6 is 0 Å². The van der Waals surface area contributed by atoms with Crippen LogP contribution in [0.5, 0.6) is 0 Å². The lowest BCUT2D eigenvalue weighted by atomic mass is 10.1. The predicted molar refractivity (Wildman–Crippen MR) is 70.4 cm³/mol. The third kappa shape index (κ3) is 4.98. The van der Waals surface area contributed by atoms with Crippen LogP contribution in [-0.4, -0.2) is 30.5 Å². The average Bonchev–Trinajstić information content (AvgIpc) is 2.24. The van der Waals surface area contributed by atoms with Crippen molar-refractivity contribution in [2.45, 2.75) is 25.9 Å². The van der Waals surface area contributed by atoms with Crippen LogP contribution in [0.1, 0.15) is 16.7 Å². The zero-order valence-electron chi connectivity index (χ0n) is 10.9. The summed E-state index contributed by atoms with van der Waals surface area (Å²) < 4.78 is 22.0. The number of rotatable bonds is 6. The molecule has 0 amide bonds. The highest BCUT2D eigenvalue weighted by molar-refractivity contribution is 7.84. The fourth-order valence-corrected chi connectivity index (χ4v) is 3.01. The molecule has 1 aromatic carbocycles. The minimum absolute atomic E-state index is 0.387. The summed E-state index contributed by atoms with van der Waals surface area (Å²) in [4.78, 5) is 0. The Morgan fingerprint density at radius 3 is 2.12 bits per heavy atom. The van der Waals surface area contributed by atoms with Crippen LogP contribution in [0, 0.1) is 13.8 Å². The second-order valence-electron chi connectivity index (χ2n) is 4.15. The normalized spacial score (nSPS) is 13.0. The van der Waals surface area contributed by atoms with Crippen molar-refractivity contribution >= 4 is 10.8 Å². The average molecular weight is 256 g/mol. The lowest BCUT2D eigenvalue weighted by Gasteiger charge is -2.13. The second kappa shape index (κ2) is 6.89. The first-order valence-electron chi connectivity index (χ1n) is 5.53. The maximum absolute atomic E-state index is 11.9. The van der Waals surface area contributed by atoms with Gasteiger partial charge < -0.3 is 9.47 Å². The van der Waals surface area contributed by atoms with E-state index in [2.05, 4.69) is 18.2 Å². The van der Waals surface area contributed by atoms with Crippen molar-refractivity contribution in [3.05, 3.63) is 34.9 Å². The van der Waals surface area contributed by atoms with E-state index in [-0.39, 0.29) is 6.29 Å². The van der Waals surface area contributed by atoms with Gasteiger partial charge in [-0.3, -0.25) is 4.21 Å². The summed E-state index contributed by atoms with van der Waals surface area (Å²) in [6, 6.07) is 6.25. The molecule has 0 heterocycles. The molecule has 0 radical (unpaired) electrons. The molecule has 0 aliphatic carbocycles. The molecule has 1 aromatic rings. The Balaban J connectivity index is 2.61. The highest BCUT2D eigenvalue weighted by Crippen LogP contribution is 2.11. The van der Waals surface area contributed by atoms with Crippen LogP contribution in [-0.2, 0) is 26.0 Å². The van der Waals surface area contributed by atoms with Crippen molar-refractivity contribution in [1.29, 1.82) is 0 Å². The van der Waals surface area contributed by atoms with Gasteiger partial charge in [0.15, 0.2) is 6.29 Å². The van der Waals surface area contributed by atoms with Crippen molar-refractivity contribution in [3.8, 4) is 0 Å². The first-order valence-corrected chi connectivity index (χ1v) is 7.01. The fraction of sp³-hybridized carbons (Fsp3) is 0.538. The monoisotopic (exact) mass is 256 g/mol. The van der Waals surface area contributed by atoms with E-state index in [4.69, 9.17) is 9.47 Å². The van der Waals surface area contributed by atoms with E-state index in [9.17, 15) is 4.21 Å². The molecule has 1 rings (SSSR count). The summed E-state index contributed by atoms with van der Waals surface area (Å²) in [5.74, 6) is 0.950. The molecule has 0 fully saturated rings. The SMILES string of the molecule is COC(CS(=O)Cc1cc(C)cc(C)c1)OC. The summed E-state index contributed by atoms with van der Waals surface area (Å²) >= 11 is 0. The summed E-state index contributed by atoms with van der Waals surface area (Å²) in [5.41, 5.74) is 3.51. The number of aryl methyl sites for hydroxylation is 2. The van der Waals surface area contributed by atoms with Crippen LogP contribution in [0.4, 0.5) is 0 Å². The smallest absolute Gasteiger partial charge is 0.168 e. The lowest BCUT2D eigenvalue weighted by Crippen LogP contribution is -2.22. The number of ether oxygens (including phenoxy) is 2. The summed E-state index contributed by atoms with van der Waals surface area (Å²) in [7, 11) is 2.15. The Labute approximate surface area is 106 Å². The molecule has 0 bridgehead atoms. The molecule has 17 heavy (non-hydrogen) atoms. The van der Waals surface area contributed by atoms with Crippen LogP contribution in [0.2, 0.25) is 0 Å². The van der Waals surface area contributed by atoms with E-state index in [0.29, 0.717) is 11.5 Å². The van der Waals surface area contributed by atoms with Crippen LogP contribution in [0.25, 0.3) is 0 Å².